The first kappa shape index (κ1) is 22.9. The van der Waals surface area contributed by atoms with Crippen LogP contribution in [0.4, 0.5) is 0 Å². The average Bonchev–Trinajstić information content (AvgIpc) is 2.93. The Hall–Kier alpha value is -1.14. The third-order valence-electron chi connectivity index (χ3n) is 3.70. The van der Waals surface area contributed by atoms with Crippen molar-refractivity contribution in [1.29, 1.82) is 0 Å². The van der Waals surface area contributed by atoms with E-state index in [9.17, 15) is 8.42 Å². The average molecular weight is 498 g/mol. The molecule has 1 saturated heterocycles. The molecule has 26 heavy (non-hydrogen) atoms. The van der Waals surface area contributed by atoms with Gasteiger partial charge in [0.2, 0.25) is 5.88 Å². The number of ether oxygens (including phenoxy) is 2. The molecule has 2 rings (SSSR count). The quantitative estimate of drug-likeness (QED) is 0.238. The minimum Gasteiger partial charge on any atom is -0.475 e. The van der Waals surface area contributed by atoms with Crippen LogP contribution in [-0.4, -0.2) is 63.8 Å². The van der Waals surface area contributed by atoms with E-state index in [0.717, 1.165) is 5.56 Å². The molecule has 1 aromatic heterocycles. The van der Waals surface area contributed by atoms with Crippen LogP contribution >= 0.6 is 24.0 Å². The molecule has 148 valence electrons. The van der Waals surface area contributed by atoms with Crippen LogP contribution in [-0.2, 0) is 21.1 Å². The smallest absolute Gasteiger partial charge is 0.218 e. The van der Waals surface area contributed by atoms with E-state index in [-0.39, 0.29) is 41.5 Å². The first-order chi connectivity index (χ1) is 12.0. The van der Waals surface area contributed by atoms with Crippen molar-refractivity contribution < 1.29 is 17.9 Å². The van der Waals surface area contributed by atoms with Crippen molar-refractivity contribution in [3.05, 3.63) is 23.9 Å². The van der Waals surface area contributed by atoms with Gasteiger partial charge in [-0.3, -0.25) is 0 Å². The van der Waals surface area contributed by atoms with E-state index in [1.54, 1.807) is 13.3 Å². The molecule has 0 spiro atoms. The van der Waals surface area contributed by atoms with E-state index in [2.05, 4.69) is 20.6 Å². The Bertz CT molecular complexity index is 685. The Morgan fingerprint density at radius 1 is 1.42 bits per heavy atom. The molecule has 1 unspecified atom stereocenters. The highest BCUT2D eigenvalue weighted by Crippen LogP contribution is 2.15. The van der Waals surface area contributed by atoms with Crippen molar-refractivity contribution in [1.82, 2.24) is 15.6 Å². The molecule has 0 bridgehead atoms. The van der Waals surface area contributed by atoms with Crippen LogP contribution < -0.4 is 15.4 Å². The maximum atomic E-state index is 11.6. The van der Waals surface area contributed by atoms with Crippen molar-refractivity contribution in [3.63, 3.8) is 0 Å². The van der Waals surface area contributed by atoms with E-state index >= 15 is 0 Å². The molecule has 2 heterocycles. The van der Waals surface area contributed by atoms with Gasteiger partial charge in [0.05, 0.1) is 24.7 Å². The number of pyridine rings is 1. The second-order valence-electron chi connectivity index (χ2n) is 5.75. The summed E-state index contributed by atoms with van der Waals surface area (Å²) in [5.41, 5.74) is 0.856. The molecule has 1 fully saturated rings. The zero-order chi connectivity index (χ0) is 18.1. The zero-order valence-electron chi connectivity index (χ0n) is 15.1. The minimum absolute atomic E-state index is 0. The standard InChI is InChI=1S/C16H26N4O4S.HI/c1-3-17-16(20-14-6-10-25(21,22)12-14)19-11-13-5-4-7-18-15(13)24-9-8-23-2;/h4-5,7,14H,3,6,8-12H2,1-2H3,(H2,17,19,20);1H. The van der Waals surface area contributed by atoms with Crippen molar-refractivity contribution in [2.24, 2.45) is 4.99 Å². The number of nitrogens with zero attached hydrogens (tertiary/aromatic N) is 2. The molecule has 1 aliphatic rings. The van der Waals surface area contributed by atoms with Crippen molar-refractivity contribution in [3.8, 4) is 5.88 Å². The lowest BCUT2D eigenvalue weighted by Gasteiger charge is -2.16. The highest BCUT2D eigenvalue weighted by molar-refractivity contribution is 14.0. The fourth-order valence-corrected chi connectivity index (χ4v) is 4.16. The normalized spacial score (nSPS) is 18.8. The Morgan fingerprint density at radius 2 is 2.23 bits per heavy atom. The number of rotatable bonds is 8. The lowest BCUT2D eigenvalue weighted by molar-refractivity contribution is 0.143. The molecule has 2 N–H and O–H groups in total. The Balaban J connectivity index is 0.00000338. The largest absolute Gasteiger partial charge is 0.475 e. The lowest BCUT2D eigenvalue weighted by Crippen LogP contribution is -2.44. The molecule has 1 aliphatic heterocycles. The summed E-state index contributed by atoms with van der Waals surface area (Å²) in [4.78, 5) is 8.76. The van der Waals surface area contributed by atoms with Crippen LogP contribution in [0.3, 0.4) is 0 Å². The van der Waals surface area contributed by atoms with Gasteiger partial charge in [-0.1, -0.05) is 6.07 Å². The van der Waals surface area contributed by atoms with E-state index in [0.29, 0.717) is 44.6 Å². The number of methoxy groups -OCH3 is 1. The maximum absolute atomic E-state index is 11.6. The van der Waals surface area contributed by atoms with Crippen LogP contribution in [0.2, 0.25) is 0 Å². The highest BCUT2D eigenvalue weighted by atomic mass is 127. The number of hydrogen-bond donors (Lipinski definition) is 2. The van der Waals surface area contributed by atoms with Crippen LogP contribution in [0.1, 0.15) is 18.9 Å². The van der Waals surface area contributed by atoms with Gasteiger partial charge in [0.25, 0.3) is 0 Å². The summed E-state index contributed by atoms with van der Waals surface area (Å²) in [6, 6.07) is 3.63. The summed E-state index contributed by atoms with van der Waals surface area (Å²) < 4.78 is 33.8. The highest BCUT2D eigenvalue weighted by Gasteiger charge is 2.28. The summed E-state index contributed by atoms with van der Waals surface area (Å²) in [7, 11) is -1.31. The molecule has 0 radical (unpaired) electrons. The summed E-state index contributed by atoms with van der Waals surface area (Å²) in [6.07, 6.45) is 2.27. The molecule has 8 nitrogen and oxygen atoms in total. The van der Waals surface area contributed by atoms with E-state index < -0.39 is 9.84 Å². The van der Waals surface area contributed by atoms with Gasteiger partial charge >= 0.3 is 0 Å². The lowest BCUT2D eigenvalue weighted by atomic mass is 10.2. The first-order valence-corrected chi connectivity index (χ1v) is 10.2. The summed E-state index contributed by atoms with van der Waals surface area (Å²) >= 11 is 0. The molecular weight excluding hydrogens is 471 g/mol. The van der Waals surface area contributed by atoms with Crippen molar-refractivity contribution >= 4 is 39.8 Å². The first-order valence-electron chi connectivity index (χ1n) is 8.35. The Labute approximate surface area is 172 Å². The topological polar surface area (TPSA) is 102 Å². The predicted octanol–water partition coefficient (Wildman–Crippen LogP) is 0.967. The molecule has 0 aliphatic carbocycles. The number of aliphatic imine (C=N–C) groups is 1. The Morgan fingerprint density at radius 3 is 2.88 bits per heavy atom. The molecule has 0 saturated carbocycles. The molecule has 10 heteroatoms. The van der Waals surface area contributed by atoms with Gasteiger partial charge in [-0.15, -0.1) is 24.0 Å². The second kappa shape index (κ2) is 11.5. The fourth-order valence-electron chi connectivity index (χ4n) is 2.48. The van der Waals surface area contributed by atoms with Crippen molar-refractivity contribution in [2.45, 2.75) is 25.9 Å². The number of nitrogens with one attached hydrogen (secondary N) is 2. The van der Waals surface area contributed by atoms with Gasteiger partial charge in [0, 0.05) is 31.5 Å². The van der Waals surface area contributed by atoms with Gasteiger partial charge in [-0.25, -0.2) is 18.4 Å². The molecule has 0 amide bonds. The summed E-state index contributed by atoms with van der Waals surface area (Å²) in [6.45, 7) is 3.94. The molecule has 1 aromatic rings. The van der Waals surface area contributed by atoms with Crippen LogP contribution in [0.25, 0.3) is 0 Å². The fraction of sp³-hybridized carbons (Fsp3) is 0.625. The zero-order valence-corrected chi connectivity index (χ0v) is 18.2. The van der Waals surface area contributed by atoms with Gasteiger partial charge in [0.15, 0.2) is 15.8 Å². The molecule has 0 aromatic carbocycles. The minimum atomic E-state index is -2.93. The number of guanidine groups is 1. The predicted molar refractivity (Wildman–Crippen MR) is 112 cm³/mol. The van der Waals surface area contributed by atoms with Gasteiger partial charge in [-0.2, -0.15) is 0 Å². The molecule has 1 atom stereocenters. The summed E-state index contributed by atoms with van der Waals surface area (Å²) in [5.74, 6) is 1.50. The Kier molecular flexibility index (Phi) is 10.2. The molecular formula is C16H27IN4O4S. The van der Waals surface area contributed by atoms with Crippen molar-refractivity contribution in [2.75, 3.05) is 38.4 Å². The summed E-state index contributed by atoms with van der Waals surface area (Å²) in [5, 5.41) is 6.33. The van der Waals surface area contributed by atoms with Gasteiger partial charge in [0.1, 0.15) is 6.61 Å². The SMILES string of the molecule is CCNC(=NCc1cccnc1OCCOC)NC1CCS(=O)(=O)C1.I. The van der Waals surface area contributed by atoms with E-state index in [1.165, 1.54) is 0 Å². The van der Waals surface area contributed by atoms with Gasteiger partial charge in [-0.05, 0) is 19.4 Å². The van der Waals surface area contributed by atoms with Crippen LogP contribution in [0.5, 0.6) is 5.88 Å². The third kappa shape index (κ3) is 7.62. The number of hydrogen-bond acceptors (Lipinski definition) is 6. The number of sulfone groups is 1. The maximum Gasteiger partial charge on any atom is 0.218 e. The van der Waals surface area contributed by atoms with Crippen LogP contribution in [0.15, 0.2) is 23.3 Å². The number of halogens is 1. The monoisotopic (exact) mass is 498 g/mol. The second-order valence-corrected chi connectivity index (χ2v) is 7.98. The number of aromatic nitrogens is 1. The van der Waals surface area contributed by atoms with E-state index in [4.69, 9.17) is 9.47 Å². The van der Waals surface area contributed by atoms with E-state index in [1.807, 2.05) is 19.1 Å². The van der Waals surface area contributed by atoms with Crippen LogP contribution in [0, 0.1) is 0 Å². The van der Waals surface area contributed by atoms with Gasteiger partial charge < -0.3 is 20.1 Å². The third-order valence-corrected chi connectivity index (χ3v) is 5.47.